The molecule has 0 aromatic heterocycles. The largest absolute Gasteiger partial charge is 0.508 e. The second kappa shape index (κ2) is 5.41. The summed E-state index contributed by atoms with van der Waals surface area (Å²) in [6.45, 7) is 9.65. The Hall–Kier alpha value is -1.22. The molecule has 106 valence electrons. The first-order valence-electron chi connectivity index (χ1n) is 7.06. The second-order valence-corrected chi connectivity index (χ2v) is 6.52. The summed E-state index contributed by atoms with van der Waals surface area (Å²) in [5.74, 6) is 0.878. The Bertz CT molecular complexity index is 429. The Kier molecular flexibility index (Phi) is 4.04. The van der Waals surface area contributed by atoms with Crippen LogP contribution in [0.5, 0.6) is 5.75 Å². The number of hydrogen-bond donors (Lipinski definition) is 2. The maximum Gasteiger partial charge on any atom is 0.117 e. The fourth-order valence-corrected chi connectivity index (χ4v) is 2.52. The van der Waals surface area contributed by atoms with Gasteiger partial charge in [-0.3, -0.25) is 0 Å². The van der Waals surface area contributed by atoms with Crippen molar-refractivity contribution in [2.75, 3.05) is 11.9 Å². The Labute approximate surface area is 116 Å². The van der Waals surface area contributed by atoms with Gasteiger partial charge in [0.1, 0.15) is 5.75 Å². The van der Waals surface area contributed by atoms with Crippen LogP contribution >= 0.6 is 0 Å². The molecule has 1 aliphatic carbocycles. The van der Waals surface area contributed by atoms with E-state index in [-0.39, 0.29) is 5.41 Å². The van der Waals surface area contributed by atoms with Crippen molar-refractivity contribution in [2.24, 2.45) is 11.3 Å². The summed E-state index contributed by atoms with van der Waals surface area (Å²) in [5.41, 5.74) is 1.10. The highest BCUT2D eigenvalue weighted by molar-refractivity contribution is 5.49. The number of rotatable bonds is 5. The van der Waals surface area contributed by atoms with Crippen LogP contribution in [0, 0.1) is 11.3 Å². The molecule has 0 heterocycles. The van der Waals surface area contributed by atoms with Crippen molar-refractivity contribution in [3.05, 3.63) is 24.3 Å². The van der Waals surface area contributed by atoms with Crippen molar-refractivity contribution in [3.63, 3.8) is 0 Å². The first-order chi connectivity index (χ1) is 8.89. The SMILES string of the molecule is CC(C)COC1CC(Nc2cccc(O)c2)C1(C)C. The molecule has 0 amide bonds. The lowest BCUT2D eigenvalue weighted by atomic mass is 9.64. The molecule has 1 aromatic rings. The molecule has 1 fully saturated rings. The number of phenols is 1. The Morgan fingerprint density at radius 1 is 1.42 bits per heavy atom. The van der Waals surface area contributed by atoms with Gasteiger partial charge in [0.15, 0.2) is 0 Å². The van der Waals surface area contributed by atoms with Crippen LogP contribution in [0.25, 0.3) is 0 Å². The summed E-state index contributed by atoms with van der Waals surface area (Å²) >= 11 is 0. The Morgan fingerprint density at radius 2 is 2.16 bits per heavy atom. The third-order valence-corrected chi connectivity index (χ3v) is 4.00. The van der Waals surface area contributed by atoms with Crippen LogP contribution < -0.4 is 5.32 Å². The van der Waals surface area contributed by atoms with Gasteiger partial charge in [-0.05, 0) is 24.5 Å². The minimum absolute atomic E-state index is 0.125. The summed E-state index contributed by atoms with van der Waals surface area (Å²) in [7, 11) is 0. The first-order valence-corrected chi connectivity index (χ1v) is 7.06. The third-order valence-electron chi connectivity index (χ3n) is 4.00. The van der Waals surface area contributed by atoms with Crippen molar-refractivity contribution in [1.29, 1.82) is 0 Å². The number of anilines is 1. The first kappa shape index (κ1) is 14.2. The number of benzene rings is 1. The van der Waals surface area contributed by atoms with Crippen LogP contribution in [-0.4, -0.2) is 23.9 Å². The fraction of sp³-hybridized carbons (Fsp3) is 0.625. The molecule has 0 bridgehead atoms. The fourth-order valence-electron chi connectivity index (χ4n) is 2.52. The summed E-state index contributed by atoms with van der Waals surface area (Å²) in [4.78, 5) is 0. The summed E-state index contributed by atoms with van der Waals surface area (Å²) in [6.07, 6.45) is 1.35. The molecule has 0 spiro atoms. The number of hydrogen-bond acceptors (Lipinski definition) is 3. The Balaban J connectivity index is 1.90. The lowest BCUT2D eigenvalue weighted by Gasteiger charge is -2.52. The maximum atomic E-state index is 9.48. The van der Waals surface area contributed by atoms with E-state index in [0.717, 1.165) is 18.7 Å². The molecule has 0 radical (unpaired) electrons. The van der Waals surface area contributed by atoms with E-state index in [1.54, 1.807) is 12.1 Å². The van der Waals surface area contributed by atoms with Crippen molar-refractivity contribution in [1.82, 2.24) is 0 Å². The third kappa shape index (κ3) is 3.21. The van der Waals surface area contributed by atoms with Gasteiger partial charge in [0.05, 0.1) is 6.10 Å². The van der Waals surface area contributed by atoms with Gasteiger partial charge >= 0.3 is 0 Å². The Morgan fingerprint density at radius 3 is 2.74 bits per heavy atom. The molecule has 1 saturated carbocycles. The van der Waals surface area contributed by atoms with Gasteiger partial charge < -0.3 is 15.2 Å². The van der Waals surface area contributed by atoms with Gasteiger partial charge in [-0.15, -0.1) is 0 Å². The molecule has 1 aliphatic rings. The van der Waals surface area contributed by atoms with E-state index in [1.165, 1.54) is 0 Å². The van der Waals surface area contributed by atoms with Crippen LogP contribution in [0.15, 0.2) is 24.3 Å². The standard InChI is InChI=1S/C16H25NO2/c1-11(2)10-19-15-9-14(16(15,3)4)17-12-6-5-7-13(18)8-12/h5-8,11,14-15,17-18H,9-10H2,1-4H3. The molecule has 2 unspecified atom stereocenters. The number of aromatic hydroxyl groups is 1. The van der Waals surface area contributed by atoms with Crippen LogP contribution in [0.4, 0.5) is 5.69 Å². The highest BCUT2D eigenvalue weighted by Crippen LogP contribution is 2.44. The van der Waals surface area contributed by atoms with E-state index < -0.39 is 0 Å². The van der Waals surface area contributed by atoms with Crippen LogP contribution in [0.1, 0.15) is 34.1 Å². The number of ether oxygens (including phenoxy) is 1. The molecule has 3 heteroatoms. The molecule has 0 saturated heterocycles. The van der Waals surface area contributed by atoms with E-state index in [4.69, 9.17) is 4.74 Å². The highest BCUT2D eigenvalue weighted by Gasteiger charge is 2.49. The molecule has 2 N–H and O–H groups in total. The molecular formula is C16H25NO2. The molecular weight excluding hydrogens is 238 g/mol. The van der Waals surface area contributed by atoms with E-state index in [0.29, 0.717) is 23.8 Å². The van der Waals surface area contributed by atoms with E-state index in [2.05, 4.69) is 33.0 Å². The van der Waals surface area contributed by atoms with Crippen molar-refractivity contribution in [3.8, 4) is 5.75 Å². The zero-order valence-corrected chi connectivity index (χ0v) is 12.3. The van der Waals surface area contributed by atoms with Crippen molar-refractivity contribution < 1.29 is 9.84 Å². The smallest absolute Gasteiger partial charge is 0.117 e. The molecule has 19 heavy (non-hydrogen) atoms. The summed E-state index contributed by atoms with van der Waals surface area (Å²) in [6, 6.07) is 7.68. The van der Waals surface area contributed by atoms with Crippen LogP contribution in [-0.2, 0) is 4.74 Å². The van der Waals surface area contributed by atoms with Crippen LogP contribution in [0.2, 0.25) is 0 Å². The summed E-state index contributed by atoms with van der Waals surface area (Å²) in [5, 5.41) is 13.0. The van der Waals surface area contributed by atoms with Crippen molar-refractivity contribution >= 4 is 5.69 Å². The van der Waals surface area contributed by atoms with Crippen LogP contribution in [0.3, 0.4) is 0 Å². The second-order valence-electron chi connectivity index (χ2n) is 6.52. The van der Waals surface area contributed by atoms with E-state index >= 15 is 0 Å². The molecule has 2 rings (SSSR count). The maximum absolute atomic E-state index is 9.48. The normalized spacial score (nSPS) is 25.1. The predicted octanol–water partition coefficient (Wildman–Crippen LogP) is 3.64. The quantitative estimate of drug-likeness (QED) is 0.852. The topological polar surface area (TPSA) is 41.5 Å². The highest BCUT2D eigenvalue weighted by atomic mass is 16.5. The predicted molar refractivity (Wildman–Crippen MR) is 78.5 cm³/mol. The van der Waals surface area contributed by atoms with Gasteiger partial charge in [-0.2, -0.15) is 0 Å². The average Bonchev–Trinajstić information content (AvgIpc) is 2.32. The minimum atomic E-state index is 0.125. The monoisotopic (exact) mass is 263 g/mol. The van der Waals surface area contributed by atoms with Gasteiger partial charge in [-0.25, -0.2) is 0 Å². The molecule has 1 aromatic carbocycles. The molecule has 0 aliphatic heterocycles. The number of nitrogens with one attached hydrogen (secondary N) is 1. The lowest BCUT2D eigenvalue weighted by molar-refractivity contribution is -0.108. The molecule has 2 atom stereocenters. The lowest BCUT2D eigenvalue weighted by Crippen LogP contribution is -2.58. The zero-order valence-electron chi connectivity index (χ0n) is 12.3. The van der Waals surface area contributed by atoms with E-state index in [1.807, 2.05) is 12.1 Å². The van der Waals surface area contributed by atoms with Gasteiger partial charge in [0.25, 0.3) is 0 Å². The van der Waals surface area contributed by atoms with Gasteiger partial charge in [-0.1, -0.05) is 33.8 Å². The average molecular weight is 263 g/mol. The zero-order chi connectivity index (χ0) is 14.0. The minimum Gasteiger partial charge on any atom is -0.508 e. The van der Waals surface area contributed by atoms with E-state index in [9.17, 15) is 5.11 Å². The van der Waals surface area contributed by atoms with Crippen molar-refractivity contribution in [2.45, 2.75) is 46.3 Å². The van der Waals surface area contributed by atoms with Gasteiger partial charge in [0.2, 0.25) is 0 Å². The molecule has 3 nitrogen and oxygen atoms in total. The summed E-state index contributed by atoms with van der Waals surface area (Å²) < 4.78 is 5.96. The van der Waals surface area contributed by atoms with Gasteiger partial charge in [0, 0.05) is 29.8 Å². The number of phenolic OH excluding ortho intramolecular Hbond substituents is 1.